The number of hydrogen-bond donors (Lipinski definition) is 1. The van der Waals surface area contributed by atoms with Gasteiger partial charge in [0.25, 0.3) is 0 Å². The number of piperidine rings is 1. The van der Waals surface area contributed by atoms with Gasteiger partial charge in [-0.05, 0) is 39.5 Å². The summed E-state index contributed by atoms with van der Waals surface area (Å²) >= 11 is 0. The number of H-pyrrole nitrogens is 1. The van der Waals surface area contributed by atoms with Gasteiger partial charge in [-0.2, -0.15) is 5.10 Å². The molecule has 1 fully saturated rings. The highest BCUT2D eigenvalue weighted by Gasteiger charge is 2.34. The van der Waals surface area contributed by atoms with Crippen LogP contribution in [-0.4, -0.2) is 33.3 Å². The van der Waals surface area contributed by atoms with Crippen LogP contribution in [-0.2, 0) is 4.74 Å². The molecule has 0 spiro atoms. The van der Waals surface area contributed by atoms with E-state index >= 15 is 0 Å². The monoisotopic (exact) mass is 279 g/mol. The van der Waals surface area contributed by atoms with E-state index in [-0.39, 0.29) is 12.1 Å². The lowest BCUT2D eigenvalue weighted by molar-refractivity contribution is 0.00220. The Morgan fingerprint density at radius 1 is 1.50 bits per heavy atom. The highest BCUT2D eigenvalue weighted by molar-refractivity contribution is 5.69. The number of carbonyl (C=O) groups is 1. The minimum absolute atomic E-state index is 0.0754. The molecule has 20 heavy (non-hydrogen) atoms. The van der Waals surface area contributed by atoms with Crippen LogP contribution >= 0.6 is 0 Å². The maximum absolute atomic E-state index is 12.5. The van der Waals surface area contributed by atoms with Crippen molar-refractivity contribution in [2.24, 2.45) is 5.92 Å². The second-order valence-corrected chi connectivity index (χ2v) is 6.53. The Kier molecular flexibility index (Phi) is 4.35. The van der Waals surface area contributed by atoms with Crippen molar-refractivity contribution in [3.63, 3.8) is 0 Å². The predicted octanol–water partition coefficient (Wildman–Crippen LogP) is 3.51. The summed E-state index contributed by atoms with van der Waals surface area (Å²) in [4.78, 5) is 14.3. The second kappa shape index (κ2) is 5.85. The summed E-state index contributed by atoms with van der Waals surface area (Å²) in [7, 11) is 0. The van der Waals surface area contributed by atoms with Gasteiger partial charge in [0, 0.05) is 18.3 Å². The molecule has 0 bridgehead atoms. The minimum Gasteiger partial charge on any atom is -0.444 e. The smallest absolute Gasteiger partial charge is 0.410 e. The topological polar surface area (TPSA) is 58.2 Å². The van der Waals surface area contributed by atoms with E-state index in [2.05, 4.69) is 17.1 Å². The molecular formula is C15H25N3O2. The van der Waals surface area contributed by atoms with Crippen LogP contribution in [0.25, 0.3) is 0 Å². The fraction of sp³-hybridized carbons (Fsp3) is 0.733. The van der Waals surface area contributed by atoms with Crippen LogP contribution in [0.5, 0.6) is 0 Å². The molecule has 1 aliphatic heterocycles. The van der Waals surface area contributed by atoms with E-state index in [1.165, 1.54) is 0 Å². The maximum Gasteiger partial charge on any atom is 0.410 e. The fourth-order valence-corrected chi connectivity index (χ4v) is 2.69. The number of likely N-dealkylation sites (tertiary alicyclic amines) is 1. The van der Waals surface area contributed by atoms with Crippen molar-refractivity contribution in [2.75, 3.05) is 6.54 Å². The van der Waals surface area contributed by atoms with Crippen LogP contribution in [0.1, 0.15) is 58.6 Å². The van der Waals surface area contributed by atoms with Crippen molar-refractivity contribution in [3.8, 4) is 0 Å². The van der Waals surface area contributed by atoms with Crippen molar-refractivity contribution in [1.82, 2.24) is 15.1 Å². The summed E-state index contributed by atoms with van der Waals surface area (Å²) in [6, 6.07) is 0.0754. The Balaban J connectivity index is 2.16. The quantitative estimate of drug-likeness (QED) is 0.901. The van der Waals surface area contributed by atoms with Gasteiger partial charge in [-0.25, -0.2) is 4.79 Å². The first-order valence-electron chi connectivity index (χ1n) is 7.39. The predicted molar refractivity (Wildman–Crippen MR) is 77.3 cm³/mol. The van der Waals surface area contributed by atoms with Gasteiger partial charge >= 0.3 is 6.09 Å². The third kappa shape index (κ3) is 3.52. The molecule has 0 aliphatic carbocycles. The van der Waals surface area contributed by atoms with Crippen LogP contribution in [0.15, 0.2) is 12.4 Å². The number of ether oxygens (including phenoxy) is 1. The largest absolute Gasteiger partial charge is 0.444 e. The fourth-order valence-electron chi connectivity index (χ4n) is 2.69. The van der Waals surface area contributed by atoms with Crippen molar-refractivity contribution in [1.29, 1.82) is 0 Å². The summed E-state index contributed by atoms with van der Waals surface area (Å²) in [5.41, 5.74) is 0.599. The van der Waals surface area contributed by atoms with E-state index in [0.29, 0.717) is 5.92 Å². The van der Waals surface area contributed by atoms with Gasteiger partial charge in [-0.15, -0.1) is 0 Å². The summed E-state index contributed by atoms with van der Waals surface area (Å²) in [5, 5.41) is 6.83. The van der Waals surface area contributed by atoms with Crippen LogP contribution in [0, 0.1) is 5.92 Å². The van der Waals surface area contributed by atoms with Crippen molar-refractivity contribution in [2.45, 2.75) is 58.6 Å². The van der Waals surface area contributed by atoms with Crippen LogP contribution in [0.2, 0.25) is 0 Å². The van der Waals surface area contributed by atoms with E-state index in [0.717, 1.165) is 31.4 Å². The Morgan fingerprint density at radius 3 is 2.80 bits per heavy atom. The zero-order valence-corrected chi connectivity index (χ0v) is 12.8. The van der Waals surface area contributed by atoms with E-state index < -0.39 is 5.60 Å². The van der Waals surface area contributed by atoms with Crippen molar-refractivity contribution >= 4 is 6.09 Å². The molecule has 0 aromatic carbocycles. The van der Waals surface area contributed by atoms with Gasteiger partial charge in [0.2, 0.25) is 0 Å². The number of rotatable bonds is 2. The molecule has 2 heterocycles. The molecule has 0 saturated carbocycles. The van der Waals surface area contributed by atoms with Gasteiger partial charge in [0.1, 0.15) is 5.60 Å². The molecule has 0 radical (unpaired) electrons. The van der Waals surface area contributed by atoms with E-state index in [1.807, 2.05) is 31.9 Å². The summed E-state index contributed by atoms with van der Waals surface area (Å²) in [5.74, 6) is 0.561. The van der Waals surface area contributed by atoms with Crippen LogP contribution in [0.3, 0.4) is 0 Å². The highest BCUT2D eigenvalue weighted by Crippen LogP contribution is 2.35. The van der Waals surface area contributed by atoms with Gasteiger partial charge in [-0.3, -0.25) is 5.10 Å². The number of amides is 1. The van der Waals surface area contributed by atoms with Gasteiger partial charge < -0.3 is 9.64 Å². The first-order valence-corrected chi connectivity index (χ1v) is 7.39. The zero-order valence-electron chi connectivity index (χ0n) is 12.8. The molecule has 2 atom stereocenters. The average molecular weight is 279 g/mol. The Labute approximate surface area is 120 Å². The Bertz CT molecular complexity index is 436. The lowest BCUT2D eigenvalue weighted by Crippen LogP contribution is -2.44. The average Bonchev–Trinajstić information content (AvgIpc) is 2.89. The lowest BCUT2D eigenvalue weighted by atomic mass is 9.89. The van der Waals surface area contributed by atoms with Gasteiger partial charge in [-0.1, -0.05) is 13.3 Å². The van der Waals surface area contributed by atoms with E-state index in [4.69, 9.17) is 4.74 Å². The summed E-state index contributed by atoms with van der Waals surface area (Å²) in [6.45, 7) is 8.65. The first kappa shape index (κ1) is 14.9. The summed E-state index contributed by atoms with van der Waals surface area (Å²) < 4.78 is 5.55. The van der Waals surface area contributed by atoms with Crippen molar-refractivity contribution in [3.05, 3.63) is 18.0 Å². The summed E-state index contributed by atoms with van der Waals surface area (Å²) in [6.07, 6.45) is 6.66. The second-order valence-electron chi connectivity index (χ2n) is 6.53. The molecule has 1 aliphatic rings. The molecule has 1 aromatic rings. The van der Waals surface area contributed by atoms with Crippen LogP contribution in [0.4, 0.5) is 4.79 Å². The van der Waals surface area contributed by atoms with Crippen molar-refractivity contribution < 1.29 is 9.53 Å². The van der Waals surface area contributed by atoms with E-state index in [1.54, 1.807) is 6.20 Å². The number of hydrogen-bond acceptors (Lipinski definition) is 3. The molecule has 1 amide bonds. The van der Waals surface area contributed by atoms with E-state index in [9.17, 15) is 4.79 Å². The molecule has 5 heteroatoms. The zero-order chi connectivity index (χ0) is 14.8. The molecule has 112 valence electrons. The van der Waals surface area contributed by atoms with Crippen LogP contribution < -0.4 is 0 Å². The molecule has 1 aromatic heterocycles. The molecular weight excluding hydrogens is 254 g/mol. The SMILES string of the molecule is CCC1CCC(c2cn[nH]c2)N(C(=O)OC(C)(C)C)C1. The van der Waals surface area contributed by atoms with Gasteiger partial charge in [0.15, 0.2) is 0 Å². The number of nitrogens with zero attached hydrogens (tertiary/aromatic N) is 2. The molecule has 2 rings (SSSR count). The Hall–Kier alpha value is -1.52. The number of aromatic amines is 1. The number of carbonyl (C=O) groups excluding carboxylic acids is 1. The number of nitrogens with one attached hydrogen (secondary N) is 1. The minimum atomic E-state index is -0.461. The molecule has 1 saturated heterocycles. The standard InChI is InChI=1S/C15H25N3O2/c1-5-11-6-7-13(12-8-16-17-9-12)18(10-11)14(19)20-15(2,3)4/h8-9,11,13H,5-7,10H2,1-4H3,(H,16,17). The van der Waals surface area contributed by atoms with Gasteiger partial charge in [0.05, 0.1) is 12.2 Å². The third-order valence-corrected chi connectivity index (χ3v) is 3.79. The number of aromatic nitrogens is 2. The third-order valence-electron chi connectivity index (χ3n) is 3.79. The highest BCUT2D eigenvalue weighted by atomic mass is 16.6. The first-order chi connectivity index (χ1) is 9.40. The maximum atomic E-state index is 12.5. The molecule has 5 nitrogen and oxygen atoms in total. The molecule has 1 N–H and O–H groups in total. The Morgan fingerprint density at radius 2 is 2.25 bits per heavy atom. The lowest BCUT2D eigenvalue weighted by Gasteiger charge is -2.39. The molecule has 2 unspecified atom stereocenters. The normalized spacial score (nSPS) is 23.7.